The molecule has 0 fully saturated rings. The van der Waals surface area contributed by atoms with Gasteiger partial charge in [0.05, 0.1) is 19.1 Å². The van der Waals surface area contributed by atoms with Gasteiger partial charge >= 0.3 is 6.18 Å². The van der Waals surface area contributed by atoms with Crippen LogP contribution < -0.4 is 0 Å². The number of hydrogen-bond donors (Lipinski definition) is 0. The summed E-state index contributed by atoms with van der Waals surface area (Å²) in [5.41, 5.74) is 0.688. The normalized spacial score (nSPS) is 13.7. The molecule has 0 saturated carbocycles. The molecular weight excluding hydrogens is 320 g/mol. The van der Waals surface area contributed by atoms with Gasteiger partial charge in [0.2, 0.25) is 0 Å². The zero-order valence-electron chi connectivity index (χ0n) is 8.81. The van der Waals surface area contributed by atoms with Gasteiger partial charge in [0.15, 0.2) is 0 Å². The first-order chi connectivity index (χ1) is 7.94. The third-order valence-electron chi connectivity index (χ3n) is 2.10. The number of benzene rings is 1. The molecule has 1 unspecified atom stereocenters. The smallest absolute Gasteiger partial charge is 0.372 e. The Hall–Kier alpha value is -0.260. The maximum absolute atomic E-state index is 12.0. The average molecular weight is 332 g/mol. The van der Waals surface area contributed by atoms with Crippen molar-refractivity contribution in [2.45, 2.75) is 18.7 Å². The monoisotopic (exact) mass is 330 g/mol. The van der Waals surface area contributed by atoms with Crippen molar-refractivity contribution in [3.05, 3.63) is 34.9 Å². The molecule has 0 spiro atoms. The standard InChI is InChI=1S/C11H11BrClF3O/c12-7-10(17-6-5-11(14,15)16)8-3-1-2-4-9(8)13/h1-4,10H,5-7H2. The fraction of sp³-hybridized carbons (Fsp3) is 0.455. The lowest BCUT2D eigenvalue weighted by Gasteiger charge is -2.17. The minimum absolute atomic E-state index is 0.370. The van der Waals surface area contributed by atoms with Crippen LogP contribution in [0.4, 0.5) is 13.2 Å². The summed E-state index contributed by atoms with van der Waals surface area (Å²) in [6.07, 6.45) is -5.62. The van der Waals surface area contributed by atoms with Gasteiger partial charge in [0.25, 0.3) is 0 Å². The van der Waals surface area contributed by atoms with Crippen molar-refractivity contribution in [2.24, 2.45) is 0 Å². The molecule has 6 heteroatoms. The van der Waals surface area contributed by atoms with Crippen LogP contribution in [0.5, 0.6) is 0 Å². The zero-order valence-corrected chi connectivity index (χ0v) is 11.1. The molecule has 1 atom stereocenters. The number of rotatable bonds is 5. The molecule has 0 bridgehead atoms. The van der Waals surface area contributed by atoms with E-state index in [2.05, 4.69) is 15.9 Å². The molecular formula is C11H11BrClF3O. The topological polar surface area (TPSA) is 9.23 Å². The molecule has 0 radical (unpaired) electrons. The van der Waals surface area contributed by atoms with Crippen LogP contribution in [0.2, 0.25) is 5.02 Å². The van der Waals surface area contributed by atoms with Crippen LogP contribution in [0.1, 0.15) is 18.1 Å². The van der Waals surface area contributed by atoms with E-state index in [-0.39, 0.29) is 6.61 Å². The van der Waals surface area contributed by atoms with Crippen LogP contribution in [0.15, 0.2) is 24.3 Å². The van der Waals surface area contributed by atoms with E-state index in [1.807, 2.05) is 0 Å². The molecule has 1 rings (SSSR count). The third-order valence-corrected chi connectivity index (χ3v) is 3.03. The summed E-state index contributed by atoms with van der Waals surface area (Å²) in [4.78, 5) is 0. The van der Waals surface area contributed by atoms with Gasteiger partial charge in [-0.25, -0.2) is 0 Å². The molecule has 1 nitrogen and oxygen atoms in total. The molecule has 0 aliphatic carbocycles. The highest BCUT2D eigenvalue weighted by Gasteiger charge is 2.27. The predicted octanol–water partition coefficient (Wildman–Crippen LogP) is 4.75. The van der Waals surface area contributed by atoms with E-state index in [9.17, 15) is 13.2 Å². The lowest BCUT2D eigenvalue weighted by atomic mass is 10.1. The second-order valence-corrected chi connectivity index (χ2v) is 4.46. The van der Waals surface area contributed by atoms with Crippen LogP contribution in [0.3, 0.4) is 0 Å². The Balaban J connectivity index is 2.58. The van der Waals surface area contributed by atoms with Crippen molar-refractivity contribution in [1.29, 1.82) is 0 Å². The van der Waals surface area contributed by atoms with E-state index in [0.717, 1.165) is 0 Å². The molecule has 0 aromatic heterocycles. The maximum atomic E-state index is 12.0. The van der Waals surface area contributed by atoms with Gasteiger partial charge in [-0.2, -0.15) is 13.2 Å². The van der Waals surface area contributed by atoms with Crippen molar-refractivity contribution in [1.82, 2.24) is 0 Å². The van der Waals surface area contributed by atoms with Gasteiger partial charge in [0.1, 0.15) is 0 Å². The Morgan fingerprint density at radius 1 is 1.29 bits per heavy atom. The van der Waals surface area contributed by atoms with E-state index < -0.39 is 18.7 Å². The average Bonchev–Trinajstić information content (AvgIpc) is 2.24. The molecule has 0 aliphatic heterocycles. The molecule has 0 heterocycles. The minimum atomic E-state index is -4.20. The van der Waals surface area contributed by atoms with Crippen molar-refractivity contribution in [2.75, 3.05) is 11.9 Å². The molecule has 0 aliphatic rings. The summed E-state index contributed by atoms with van der Waals surface area (Å²) < 4.78 is 41.1. The minimum Gasteiger partial charge on any atom is -0.372 e. The lowest BCUT2D eigenvalue weighted by molar-refractivity contribution is -0.148. The Morgan fingerprint density at radius 3 is 2.47 bits per heavy atom. The molecule has 0 saturated heterocycles. The van der Waals surface area contributed by atoms with Crippen molar-refractivity contribution in [3.63, 3.8) is 0 Å². The molecule has 0 N–H and O–H groups in total. The molecule has 0 amide bonds. The number of ether oxygens (including phenoxy) is 1. The summed E-state index contributed by atoms with van der Waals surface area (Å²) >= 11 is 9.15. The Labute approximate surface area is 111 Å². The fourth-order valence-corrected chi connectivity index (χ4v) is 2.06. The second kappa shape index (κ2) is 6.61. The maximum Gasteiger partial charge on any atom is 0.391 e. The largest absolute Gasteiger partial charge is 0.391 e. The van der Waals surface area contributed by atoms with E-state index in [1.54, 1.807) is 24.3 Å². The van der Waals surface area contributed by atoms with E-state index >= 15 is 0 Å². The first-order valence-electron chi connectivity index (χ1n) is 4.93. The van der Waals surface area contributed by atoms with Gasteiger partial charge in [-0.15, -0.1) is 0 Å². The van der Waals surface area contributed by atoms with Gasteiger partial charge in [0, 0.05) is 15.9 Å². The Morgan fingerprint density at radius 2 is 1.94 bits per heavy atom. The SMILES string of the molecule is FC(F)(F)CCOC(CBr)c1ccccc1Cl. The van der Waals surface area contributed by atoms with Crippen LogP contribution in [-0.4, -0.2) is 18.1 Å². The summed E-state index contributed by atoms with van der Waals surface area (Å²) in [5.74, 6) is 0. The summed E-state index contributed by atoms with van der Waals surface area (Å²) in [6, 6.07) is 6.94. The Bertz CT molecular complexity index is 357. The number of halogens is 5. The predicted molar refractivity (Wildman–Crippen MR) is 64.6 cm³/mol. The van der Waals surface area contributed by atoms with E-state index in [0.29, 0.717) is 15.9 Å². The first-order valence-corrected chi connectivity index (χ1v) is 6.42. The number of alkyl halides is 4. The van der Waals surface area contributed by atoms with Crippen LogP contribution in [0, 0.1) is 0 Å². The van der Waals surface area contributed by atoms with Gasteiger partial charge in [-0.3, -0.25) is 0 Å². The fourth-order valence-electron chi connectivity index (χ4n) is 1.27. The number of hydrogen-bond acceptors (Lipinski definition) is 1. The van der Waals surface area contributed by atoms with E-state index in [4.69, 9.17) is 16.3 Å². The summed E-state index contributed by atoms with van der Waals surface area (Å²) in [5, 5.41) is 0.887. The quantitative estimate of drug-likeness (QED) is 0.708. The summed E-state index contributed by atoms with van der Waals surface area (Å²) in [7, 11) is 0. The van der Waals surface area contributed by atoms with Gasteiger partial charge < -0.3 is 4.74 Å². The zero-order chi connectivity index (χ0) is 12.9. The molecule has 17 heavy (non-hydrogen) atoms. The van der Waals surface area contributed by atoms with Gasteiger partial charge in [-0.1, -0.05) is 45.7 Å². The molecule has 96 valence electrons. The van der Waals surface area contributed by atoms with Crippen LogP contribution >= 0.6 is 27.5 Å². The highest BCUT2D eigenvalue weighted by Crippen LogP contribution is 2.28. The van der Waals surface area contributed by atoms with Crippen molar-refractivity contribution >= 4 is 27.5 Å². The Kier molecular flexibility index (Phi) is 5.76. The third kappa shape index (κ3) is 5.27. The van der Waals surface area contributed by atoms with Crippen molar-refractivity contribution < 1.29 is 17.9 Å². The van der Waals surface area contributed by atoms with Crippen molar-refractivity contribution in [3.8, 4) is 0 Å². The van der Waals surface area contributed by atoms with Crippen LogP contribution in [0.25, 0.3) is 0 Å². The summed E-state index contributed by atoms with van der Waals surface area (Å²) in [6.45, 7) is -0.370. The first kappa shape index (κ1) is 14.8. The highest BCUT2D eigenvalue weighted by molar-refractivity contribution is 9.09. The second-order valence-electron chi connectivity index (χ2n) is 3.40. The van der Waals surface area contributed by atoms with E-state index in [1.165, 1.54) is 0 Å². The van der Waals surface area contributed by atoms with Gasteiger partial charge in [-0.05, 0) is 6.07 Å². The van der Waals surface area contributed by atoms with Crippen LogP contribution in [-0.2, 0) is 4.74 Å². The highest BCUT2D eigenvalue weighted by atomic mass is 79.9. The molecule has 1 aromatic rings. The lowest BCUT2D eigenvalue weighted by Crippen LogP contribution is -2.14. The molecule has 1 aromatic carbocycles.